The topological polar surface area (TPSA) is 35.2 Å². The van der Waals surface area contributed by atoms with E-state index in [-0.39, 0.29) is 0 Å². The first kappa shape index (κ1) is 19.7. The molecule has 114 valence electrons. The molecule has 0 aliphatic rings. The molecule has 0 unspecified atom stereocenters. The fourth-order valence-electron chi connectivity index (χ4n) is 2.55. The quantitative estimate of drug-likeness (QED) is 0.361. The van der Waals surface area contributed by atoms with Gasteiger partial charge in [-0.15, -0.1) is 0 Å². The minimum atomic E-state index is -0.447. The SMILES string of the molecule is CCCC[C](CCCC)(CCCC)[Sn][CH2]OCCN. The van der Waals surface area contributed by atoms with E-state index in [9.17, 15) is 0 Å². The third-order valence-electron chi connectivity index (χ3n) is 3.84. The van der Waals surface area contributed by atoms with Gasteiger partial charge in [0, 0.05) is 0 Å². The van der Waals surface area contributed by atoms with Crippen LogP contribution in [-0.2, 0) is 4.74 Å². The van der Waals surface area contributed by atoms with Crippen LogP contribution < -0.4 is 5.73 Å². The van der Waals surface area contributed by atoms with Gasteiger partial charge in [-0.2, -0.15) is 0 Å². The van der Waals surface area contributed by atoms with Gasteiger partial charge < -0.3 is 0 Å². The van der Waals surface area contributed by atoms with Gasteiger partial charge >= 0.3 is 131 Å². The van der Waals surface area contributed by atoms with Gasteiger partial charge in [-0.05, 0) is 0 Å². The molecule has 0 saturated heterocycles. The molecule has 0 aliphatic carbocycles. The molecular formula is C16H35NOSn. The molecule has 0 spiro atoms. The van der Waals surface area contributed by atoms with Crippen molar-refractivity contribution in [1.29, 1.82) is 0 Å². The normalized spacial score (nSPS) is 12.0. The first-order chi connectivity index (χ1) is 9.24. The van der Waals surface area contributed by atoms with Crippen LogP contribution >= 0.6 is 0 Å². The summed E-state index contributed by atoms with van der Waals surface area (Å²) in [4.78, 5) is 0. The van der Waals surface area contributed by atoms with Crippen molar-refractivity contribution in [3.8, 4) is 0 Å². The summed E-state index contributed by atoms with van der Waals surface area (Å²) >= 11 is -0.447. The Morgan fingerprint density at radius 2 is 1.37 bits per heavy atom. The van der Waals surface area contributed by atoms with Crippen LogP contribution in [0, 0.1) is 0 Å². The Balaban J connectivity index is 4.38. The van der Waals surface area contributed by atoms with Gasteiger partial charge in [0.15, 0.2) is 0 Å². The van der Waals surface area contributed by atoms with E-state index in [1.807, 2.05) is 0 Å². The van der Waals surface area contributed by atoms with Gasteiger partial charge in [-0.1, -0.05) is 0 Å². The second-order valence-electron chi connectivity index (χ2n) is 5.61. The summed E-state index contributed by atoms with van der Waals surface area (Å²) in [5.74, 6) is 0. The first-order valence-corrected chi connectivity index (χ1v) is 11.7. The second-order valence-corrected chi connectivity index (χ2v) is 10.5. The summed E-state index contributed by atoms with van der Waals surface area (Å²) in [6.45, 7) is 8.39. The van der Waals surface area contributed by atoms with Crippen molar-refractivity contribution in [3.63, 3.8) is 0 Å². The molecule has 0 aromatic heterocycles. The van der Waals surface area contributed by atoms with Gasteiger partial charge in [-0.25, -0.2) is 0 Å². The minimum absolute atomic E-state index is 0.447. The molecule has 2 N–H and O–H groups in total. The molecule has 0 fully saturated rings. The monoisotopic (exact) mass is 377 g/mol. The van der Waals surface area contributed by atoms with Crippen molar-refractivity contribution in [3.05, 3.63) is 0 Å². The van der Waals surface area contributed by atoms with Crippen molar-refractivity contribution in [2.45, 2.75) is 82.0 Å². The van der Waals surface area contributed by atoms with Crippen LogP contribution in [0.25, 0.3) is 0 Å². The average molecular weight is 376 g/mol. The molecule has 2 nitrogen and oxygen atoms in total. The molecule has 19 heavy (non-hydrogen) atoms. The van der Waals surface area contributed by atoms with Crippen molar-refractivity contribution >= 4 is 21.1 Å². The fourth-order valence-corrected chi connectivity index (χ4v) is 7.15. The maximum atomic E-state index is 5.73. The first-order valence-electron chi connectivity index (χ1n) is 8.27. The van der Waals surface area contributed by atoms with E-state index in [4.69, 9.17) is 10.5 Å². The van der Waals surface area contributed by atoms with Gasteiger partial charge in [0.05, 0.1) is 0 Å². The molecule has 0 heterocycles. The van der Waals surface area contributed by atoms with Crippen LogP contribution in [0.5, 0.6) is 0 Å². The maximum absolute atomic E-state index is 5.73. The zero-order valence-corrected chi connectivity index (χ0v) is 16.3. The number of rotatable bonds is 14. The zero-order chi connectivity index (χ0) is 14.4. The number of ether oxygens (including phenoxy) is 1. The third-order valence-corrected chi connectivity index (χ3v) is 9.11. The van der Waals surface area contributed by atoms with Crippen molar-refractivity contribution < 1.29 is 4.74 Å². The van der Waals surface area contributed by atoms with Gasteiger partial charge in [-0.3, -0.25) is 0 Å². The van der Waals surface area contributed by atoms with Gasteiger partial charge in [0.25, 0.3) is 0 Å². The Labute approximate surface area is 131 Å². The molecule has 0 amide bonds. The molecule has 3 heteroatoms. The van der Waals surface area contributed by atoms with Gasteiger partial charge in [0.2, 0.25) is 0 Å². The average Bonchev–Trinajstić information content (AvgIpc) is 2.44. The van der Waals surface area contributed by atoms with Crippen LogP contribution in [0.15, 0.2) is 0 Å². The van der Waals surface area contributed by atoms with E-state index in [2.05, 4.69) is 20.8 Å². The van der Waals surface area contributed by atoms with E-state index in [1.54, 1.807) is 0 Å². The van der Waals surface area contributed by atoms with E-state index in [0.29, 0.717) is 9.98 Å². The Morgan fingerprint density at radius 1 is 0.895 bits per heavy atom. The number of unbranched alkanes of at least 4 members (excludes halogenated alkanes) is 3. The van der Waals surface area contributed by atoms with Crippen LogP contribution in [0.3, 0.4) is 0 Å². The molecule has 0 saturated carbocycles. The number of hydrogen-bond donors (Lipinski definition) is 1. The van der Waals surface area contributed by atoms with E-state index in [0.717, 1.165) is 11.2 Å². The molecule has 2 radical (unpaired) electrons. The summed E-state index contributed by atoms with van der Waals surface area (Å²) in [6.07, 6.45) is 12.6. The Bertz CT molecular complexity index is 166. The van der Waals surface area contributed by atoms with Crippen molar-refractivity contribution in [2.75, 3.05) is 17.8 Å². The predicted molar refractivity (Wildman–Crippen MR) is 86.9 cm³/mol. The second kappa shape index (κ2) is 13.7. The Morgan fingerprint density at radius 3 is 1.74 bits per heavy atom. The molecule has 0 aromatic carbocycles. The summed E-state index contributed by atoms with van der Waals surface area (Å²) in [5.41, 5.74) is 5.51. The van der Waals surface area contributed by atoms with Gasteiger partial charge in [0.1, 0.15) is 0 Å². The third kappa shape index (κ3) is 10.1. The Kier molecular flexibility index (Phi) is 14.2. The Hall–Kier alpha value is 0.719. The van der Waals surface area contributed by atoms with Crippen LogP contribution in [0.1, 0.15) is 78.6 Å². The fraction of sp³-hybridized carbons (Fsp3) is 1.00. The summed E-state index contributed by atoms with van der Waals surface area (Å²) in [6, 6.07) is 0. The summed E-state index contributed by atoms with van der Waals surface area (Å²) in [7, 11) is 0. The zero-order valence-electron chi connectivity index (χ0n) is 13.5. The van der Waals surface area contributed by atoms with Crippen molar-refractivity contribution in [2.24, 2.45) is 5.73 Å². The van der Waals surface area contributed by atoms with E-state index >= 15 is 0 Å². The standard InChI is InChI=1S/C13H27.C3H8NO.Sn/c1-4-7-10-13(11-8-5-2)12-9-6-3;1-5-3-2-4;/h4-12H2,1-3H3;1-4H2;. The van der Waals surface area contributed by atoms with E-state index in [1.165, 1.54) is 57.8 Å². The van der Waals surface area contributed by atoms with Crippen molar-refractivity contribution in [1.82, 2.24) is 0 Å². The van der Waals surface area contributed by atoms with E-state index < -0.39 is 21.1 Å². The summed E-state index contributed by atoms with van der Waals surface area (Å²) < 4.78 is 7.50. The molecule has 0 aliphatic heterocycles. The van der Waals surface area contributed by atoms with Crippen LogP contribution in [0.2, 0.25) is 3.43 Å². The molecular weight excluding hydrogens is 341 g/mol. The predicted octanol–water partition coefficient (Wildman–Crippen LogP) is 4.35. The molecule has 0 bridgehead atoms. The number of hydrogen-bond acceptors (Lipinski definition) is 2. The molecule has 0 rings (SSSR count). The summed E-state index contributed by atoms with van der Waals surface area (Å²) in [5, 5.41) is 0. The van der Waals surface area contributed by atoms with Crippen LogP contribution in [0.4, 0.5) is 0 Å². The number of nitrogens with two attached hydrogens (primary N) is 1. The molecule has 0 aromatic rings. The van der Waals surface area contributed by atoms with Crippen LogP contribution in [-0.4, -0.2) is 38.9 Å². The molecule has 0 atom stereocenters.